The van der Waals surface area contributed by atoms with Crippen molar-refractivity contribution in [1.29, 1.82) is 0 Å². The van der Waals surface area contributed by atoms with Crippen molar-refractivity contribution < 1.29 is 9.90 Å². The number of carbonyl (C=O) groups is 1. The van der Waals surface area contributed by atoms with Crippen molar-refractivity contribution in [1.82, 2.24) is 0 Å². The first-order chi connectivity index (χ1) is 8.19. The van der Waals surface area contributed by atoms with Crippen LogP contribution in [0, 0.1) is 0 Å². The van der Waals surface area contributed by atoms with Crippen LogP contribution in [0.15, 0.2) is 30.3 Å². The Balaban J connectivity index is 2.65. The lowest BCUT2D eigenvalue weighted by molar-refractivity contribution is 0.0988. The number of aliphatic hydroxyl groups excluding tert-OH is 1. The number of hydrogen-bond donors (Lipinski definition) is 1. The van der Waals surface area contributed by atoms with Crippen LogP contribution in [-0.4, -0.2) is 28.0 Å². The molecule has 0 spiro atoms. The van der Waals surface area contributed by atoms with Gasteiger partial charge in [-0.2, -0.15) is 0 Å². The normalized spacial score (nSPS) is 14.3. The van der Waals surface area contributed by atoms with Gasteiger partial charge in [-0.1, -0.05) is 44.2 Å². The highest BCUT2D eigenvalue weighted by Gasteiger charge is 2.20. The summed E-state index contributed by atoms with van der Waals surface area (Å²) >= 11 is 1.66. The Labute approximate surface area is 107 Å². The molecule has 0 heterocycles. The van der Waals surface area contributed by atoms with Crippen LogP contribution in [0.2, 0.25) is 0 Å². The van der Waals surface area contributed by atoms with Gasteiger partial charge in [0.15, 0.2) is 5.78 Å². The average molecular weight is 252 g/mol. The number of Topliss-reactive ketones (excluding diaryl/α,β-unsaturated/α-hetero) is 1. The minimum Gasteiger partial charge on any atom is -0.396 e. The summed E-state index contributed by atoms with van der Waals surface area (Å²) in [7, 11) is 0. The highest BCUT2D eigenvalue weighted by Crippen LogP contribution is 2.25. The molecule has 2 atom stereocenters. The molecule has 0 fully saturated rings. The zero-order valence-electron chi connectivity index (χ0n) is 10.4. The maximum atomic E-state index is 12.2. The highest BCUT2D eigenvalue weighted by molar-refractivity contribution is 8.01. The van der Waals surface area contributed by atoms with E-state index in [2.05, 4.69) is 6.92 Å². The molecule has 17 heavy (non-hydrogen) atoms. The van der Waals surface area contributed by atoms with Crippen LogP contribution in [-0.2, 0) is 0 Å². The quantitative estimate of drug-likeness (QED) is 0.757. The number of ketones is 1. The van der Waals surface area contributed by atoms with Crippen molar-refractivity contribution in [3.63, 3.8) is 0 Å². The van der Waals surface area contributed by atoms with Gasteiger partial charge in [0.25, 0.3) is 0 Å². The van der Waals surface area contributed by atoms with E-state index in [-0.39, 0.29) is 17.6 Å². The van der Waals surface area contributed by atoms with E-state index in [1.165, 1.54) is 0 Å². The zero-order valence-corrected chi connectivity index (χ0v) is 11.2. The number of carbonyl (C=O) groups excluding carboxylic acids is 1. The lowest BCUT2D eigenvalue weighted by atomic mass is 10.1. The highest BCUT2D eigenvalue weighted by atomic mass is 32.2. The second-order valence-electron chi connectivity index (χ2n) is 4.09. The second-order valence-corrected chi connectivity index (χ2v) is 5.73. The maximum absolute atomic E-state index is 12.2. The lowest BCUT2D eigenvalue weighted by Crippen LogP contribution is -2.19. The Morgan fingerprint density at radius 1 is 1.35 bits per heavy atom. The van der Waals surface area contributed by atoms with Gasteiger partial charge < -0.3 is 5.11 Å². The average Bonchev–Trinajstić information content (AvgIpc) is 2.36. The molecule has 0 radical (unpaired) electrons. The topological polar surface area (TPSA) is 37.3 Å². The molecule has 0 saturated carbocycles. The van der Waals surface area contributed by atoms with E-state index in [4.69, 9.17) is 5.11 Å². The molecule has 3 heteroatoms. The maximum Gasteiger partial charge on any atom is 0.175 e. The van der Waals surface area contributed by atoms with E-state index in [0.29, 0.717) is 5.25 Å². The summed E-state index contributed by atoms with van der Waals surface area (Å²) in [4.78, 5) is 12.2. The predicted molar refractivity (Wildman–Crippen MR) is 73.6 cm³/mol. The molecule has 0 aliphatic rings. The van der Waals surface area contributed by atoms with Crippen LogP contribution >= 0.6 is 11.8 Å². The van der Waals surface area contributed by atoms with E-state index < -0.39 is 0 Å². The van der Waals surface area contributed by atoms with E-state index in [9.17, 15) is 4.79 Å². The smallest absolute Gasteiger partial charge is 0.175 e. The van der Waals surface area contributed by atoms with Crippen LogP contribution in [0.5, 0.6) is 0 Å². The molecule has 1 rings (SSSR count). The van der Waals surface area contributed by atoms with Crippen molar-refractivity contribution in [3.05, 3.63) is 35.9 Å². The van der Waals surface area contributed by atoms with Gasteiger partial charge >= 0.3 is 0 Å². The first kappa shape index (κ1) is 14.3. The number of thioether (sulfide) groups is 1. The van der Waals surface area contributed by atoms with Gasteiger partial charge in [0.2, 0.25) is 0 Å². The Morgan fingerprint density at radius 2 is 2.00 bits per heavy atom. The molecular formula is C14H20O2S. The number of hydrogen-bond acceptors (Lipinski definition) is 3. The fourth-order valence-corrected chi connectivity index (χ4v) is 2.92. The van der Waals surface area contributed by atoms with Gasteiger partial charge in [0.05, 0.1) is 5.25 Å². The minimum atomic E-state index is -0.000972. The molecule has 0 aromatic heterocycles. The summed E-state index contributed by atoms with van der Waals surface area (Å²) in [6, 6.07) is 9.42. The van der Waals surface area contributed by atoms with Gasteiger partial charge in [0, 0.05) is 17.4 Å². The molecule has 2 unspecified atom stereocenters. The fraction of sp³-hybridized carbons (Fsp3) is 0.500. The zero-order chi connectivity index (χ0) is 12.7. The molecule has 0 saturated heterocycles. The molecule has 1 aromatic rings. The second kappa shape index (κ2) is 7.51. The Bertz CT molecular complexity index is 337. The van der Waals surface area contributed by atoms with Gasteiger partial charge in [-0.3, -0.25) is 4.79 Å². The molecule has 94 valence electrons. The van der Waals surface area contributed by atoms with Gasteiger partial charge in [-0.25, -0.2) is 0 Å². The Kier molecular flexibility index (Phi) is 6.30. The third kappa shape index (κ3) is 4.52. The number of aliphatic hydroxyl groups is 1. The third-order valence-electron chi connectivity index (χ3n) is 2.65. The molecule has 0 aliphatic heterocycles. The van der Waals surface area contributed by atoms with Gasteiger partial charge in [-0.15, -0.1) is 11.8 Å². The Morgan fingerprint density at radius 3 is 2.53 bits per heavy atom. The summed E-state index contributed by atoms with van der Waals surface area (Å²) in [6.07, 6.45) is 1.57. The van der Waals surface area contributed by atoms with Gasteiger partial charge in [-0.05, 0) is 12.8 Å². The summed E-state index contributed by atoms with van der Waals surface area (Å²) in [6.45, 7) is 4.27. The predicted octanol–water partition coefficient (Wildman–Crippen LogP) is 3.15. The van der Waals surface area contributed by atoms with E-state index in [1.54, 1.807) is 11.8 Å². The summed E-state index contributed by atoms with van der Waals surface area (Å²) in [5.74, 6) is 0.197. The summed E-state index contributed by atoms with van der Waals surface area (Å²) < 4.78 is 0. The lowest BCUT2D eigenvalue weighted by Gasteiger charge is -2.18. The SMILES string of the molecule is CCC(SC(C)CCO)C(=O)c1ccccc1. The monoisotopic (exact) mass is 252 g/mol. The molecule has 1 N–H and O–H groups in total. The van der Waals surface area contributed by atoms with Crippen molar-refractivity contribution in [2.24, 2.45) is 0 Å². The van der Waals surface area contributed by atoms with Crippen molar-refractivity contribution in [3.8, 4) is 0 Å². The molecule has 0 bridgehead atoms. The third-order valence-corrected chi connectivity index (χ3v) is 4.23. The Hall–Kier alpha value is -0.800. The van der Waals surface area contributed by atoms with Crippen LogP contribution in [0.25, 0.3) is 0 Å². The van der Waals surface area contributed by atoms with Crippen molar-refractivity contribution in [2.75, 3.05) is 6.61 Å². The van der Waals surface area contributed by atoms with Crippen LogP contribution < -0.4 is 0 Å². The van der Waals surface area contributed by atoms with E-state index in [0.717, 1.165) is 18.4 Å². The van der Waals surface area contributed by atoms with E-state index >= 15 is 0 Å². The molecule has 0 aliphatic carbocycles. The van der Waals surface area contributed by atoms with Crippen LogP contribution in [0.1, 0.15) is 37.0 Å². The fourth-order valence-electron chi connectivity index (χ4n) is 1.66. The van der Waals surface area contributed by atoms with Crippen LogP contribution in [0.4, 0.5) is 0 Å². The molecular weight excluding hydrogens is 232 g/mol. The van der Waals surface area contributed by atoms with Crippen LogP contribution in [0.3, 0.4) is 0 Å². The summed E-state index contributed by atoms with van der Waals surface area (Å²) in [5, 5.41) is 9.20. The number of benzene rings is 1. The van der Waals surface area contributed by atoms with Crippen molar-refractivity contribution in [2.45, 2.75) is 37.2 Å². The number of rotatable bonds is 7. The first-order valence-corrected chi connectivity index (χ1v) is 6.98. The standard InChI is InChI=1S/C14H20O2S/c1-3-13(17-11(2)9-10-15)14(16)12-7-5-4-6-8-12/h4-8,11,13,15H,3,9-10H2,1-2H3. The minimum absolute atomic E-state index is 0.000972. The molecule has 1 aromatic carbocycles. The largest absolute Gasteiger partial charge is 0.396 e. The van der Waals surface area contributed by atoms with E-state index in [1.807, 2.05) is 37.3 Å². The van der Waals surface area contributed by atoms with Crippen molar-refractivity contribution >= 4 is 17.5 Å². The molecule has 2 nitrogen and oxygen atoms in total. The van der Waals surface area contributed by atoms with Gasteiger partial charge in [0.1, 0.15) is 0 Å². The summed E-state index contributed by atoms with van der Waals surface area (Å²) in [5.41, 5.74) is 0.781. The first-order valence-electron chi connectivity index (χ1n) is 6.04. The molecule has 0 amide bonds.